The van der Waals surface area contributed by atoms with Gasteiger partial charge in [0.1, 0.15) is 5.75 Å². The molecular formula is C22H22N2O2. The monoisotopic (exact) mass is 346 g/mol. The van der Waals surface area contributed by atoms with Crippen LogP contribution in [-0.4, -0.2) is 29.0 Å². The maximum Gasteiger partial charge on any atom is 0.258 e. The van der Waals surface area contributed by atoms with Gasteiger partial charge in [0.25, 0.3) is 5.91 Å². The van der Waals surface area contributed by atoms with E-state index in [-0.39, 0.29) is 11.9 Å². The van der Waals surface area contributed by atoms with Crippen molar-refractivity contribution in [3.63, 3.8) is 0 Å². The lowest BCUT2D eigenvalue weighted by Gasteiger charge is -2.37. The Bertz CT molecular complexity index is 927. The van der Waals surface area contributed by atoms with Gasteiger partial charge in [0.05, 0.1) is 18.7 Å². The number of benzene rings is 2. The highest BCUT2D eigenvalue weighted by Gasteiger charge is 2.33. The van der Waals surface area contributed by atoms with E-state index in [1.165, 1.54) is 5.56 Å². The first-order chi connectivity index (χ1) is 12.7. The molecule has 0 bridgehead atoms. The average molecular weight is 346 g/mol. The van der Waals surface area contributed by atoms with E-state index in [0.29, 0.717) is 17.9 Å². The molecule has 1 aliphatic heterocycles. The number of nitrogens with zero attached hydrogens (tertiary/aromatic N) is 2. The van der Waals surface area contributed by atoms with E-state index >= 15 is 0 Å². The van der Waals surface area contributed by atoms with Crippen LogP contribution in [0.25, 0.3) is 0 Å². The number of aromatic nitrogens is 1. The summed E-state index contributed by atoms with van der Waals surface area (Å²) in [5.74, 6) is 0.613. The Morgan fingerprint density at radius 2 is 1.77 bits per heavy atom. The lowest BCUT2D eigenvalue weighted by Crippen LogP contribution is -2.42. The molecule has 3 aromatic rings. The first kappa shape index (κ1) is 16.5. The highest BCUT2D eigenvalue weighted by atomic mass is 16.5. The van der Waals surface area contributed by atoms with E-state index in [4.69, 9.17) is 4.74 Å². The molecule has 26 heavy (non-hydrogen) atoms. The lowest BCUT2D eigenvalue weighted by molar-refractivity contribution is 0.0660. The van der Waals surface area contributed by atoms with E-state index in [1.807, 2.05) is 35.2 Å². The third-order valence-corrected chi connectivity index (χ3v) is 5.03. The van der Waals surface area contributed by atoms with E-state index in [0.717, 1.165) is 17.8 Å². The summed E-state index contributed by atoms with van der Waals surface area (Å²) >= 11 is 0. The van der Waals surface area contributed by atoms with Crippen LogP contribution in [-0.2, 0) is 6.54 Å². The Balaban J connectivity index is 1.79. The van der Waals surface area contributed by atoms with Gasteiger partial charge >= 0.3 is 0 Å². The second-order valence-corrected chi connectivity index (χ2v) is 6.64. The Labute approximate surface area is 153 Å². The maximum absolute atomic E-state index is 13.4. The molecule has 0 spiro atoms. The summed E-state index contributed by atoms with van der Waals surface area (Å²) in [6.45, 7) is 3.54. The fourth-order valence-corrected chi connectivity index (χ4v) is 3.68. The zero-order valence-electron chi connectivity index (χ0n) is 15.1. The smallest absolute Gasteiger partial charge is 0.258 e. The number of carbonyl (C=O) groups excluding carboxylic acids is 1. The molecule has 2 heterocycles. The van der Waals surface area contributed by atoms with Crippen molar-refractivity contribution in [3.05, 3.63) is 89.2 Å². The first-order valence-electron chi connectivity index (χ1n) is 8.84. The van der Waals surface area contributed by atoms with E-state index in [1.54, 1.807) is 7.11 Å². The number of amides is 1. The van der Waals surface area contributed by atoms with Crippen LogP contribution in [0.2, 0.25) is 0 Å². The van der Waals surface area contributed by atoms with Crippen molar-refractivity contribution in [2.24, 2.45) is 0 Å². The largest absolute Gasteiger partial charge is 0.496 e. The summed E-state index contributed by atoms with van der Waals surface area (Å²) in [5, 5.41) is 0. The van der Waals surface area contributed by atoms with Gasteiger partial charge < -0.3 is 14.2 Å². The molecule has 0 radical (unpaired) electrons. The van der Waals surface area contributed by atoms with Gasteiger partial charge in [-0.05, 0) is 36.8 Å². The molecule has 1 unspecified atom stereocenters. The molecule has 0 saturated heterocycles. The Morgan fingerprint density at radius 1 is 1.00 bits per heavy atom. The third-order valence-electron chi connectivity index (χ3n) is 5.03. The second kappa shape index (κ2) is 6.71. The fraction of sp³-hybridized carbons (Fsp3) is 0.227. The zero-order valence-corrected chi connectivity index (χ0v) is 15.1. The van der Waals surface area contributed by atoms with Crippen LogP contribution < -0.4 is 4.74 Å². The Morgan fingerprint density at radius 3 is 2.54 bits per heavy atom. The normalized spacial score (nSPS) is 16.2. The van der Waals surface area contributed by atoms with Crippen LogP contribution in [0.4, 0.5) is 0 Å². The summed E-state index contributed by atoms with van der Waals surface area (Å²) in [4.78, 5) is 15.4. The highest BCUT2D eigenvalue weighted by molar-refractivity contribution is 5.97. The van der Waals surface area contributed by atoms with E-state index in [2.05, 4.69) is 48.0 Å². The minimum Gasteiger partial charge on any atom is -0.496 e. The quantitative estimate of drug-likeness (QED) is 0.717. The number of ether oxygens (including phenoxy) is 1. The number of hydrogen-bond donors (Lipinski definition) is 0. The SMILES string of the molecule is COc1ccccc1C(=O)N1CCn2cccc2C1c1ccc(C)cc1. The van der Waals surface area contributed by atoms with Crippen LogP contribution in [0.5, 0.6) is 5.75 Å². The Kier molecular flexibility index (Phi) is 4.25. The van der Waals surface area contributed by atoms with Gasteiger partial charge in [0, 0.05) is 25.0 Å². The minimum atomic E-state index is -0.100. The lowest BCUT2D eigenvalue weighted by atomic mass is 9.98. The number of fused-ring (bicyclic) bond motifs is 1. The number of carbonyl (C=O) groups is 1. The van der Waals surface area contributed by atoms with Gasteiger partial charge in [0.15, 0.2) is 0 Å². The van der Waals surface area contributed by atoms with Crippen molar-refractivity contribution < 1.29 is 9.53 Å². The Hall–Kier alpha value is -3.01. The summed E-state index contributed by atoms with van der Waals surface area (Å²) in [6.07, 6.45) is 2.08. The molecule has 1 amide bonds. The summed E-state index contributed by atoms with van der Waals surface area (Å²) in [6, 6.07) is 19.9. The maximum atomic E-state index is 13.4. The molecule has 4 rings (SSSR count). The molecule has 1 aliphatic rings. The van der Waals surface area contributed by atoms with E-state index in [9.17, 15) is 4.79 Å². The number of hydrogen-bond acceptors (Lipinski definition) is 2. The number of rotatable bonds is 3. The van der Waals surface area contributed by atoms with Gasteiger partial charge in [-0.25, -0.2) is 0 Å². The average Bonchev–Trinajstić information content (AvgIpc) is 3.16. The number of methoxy groups -OCH3 is 1. The van der Waals surface area contributed by atoms with Crippen molar-refractivity contribution in [2.45, 2.75) is 19.5 Å². The molecule has 0 fully saturated rings. The molecule has 132 valence electrons. The van der Waals surface area contributed by atoms with Crippen LogP contribution >= 0.6 is 0 Å². The van der Waals surface area contributed by atoms with Crippen LogP contribution in [0.15, 0.2) is 66.9 Å². The standard InChI is InChI=1S/C22H22N2O2/c1-16-9-11-17(12-10-16)21-19-7-5-13-23(19)14-15-24(21)22(25)18-6-3-4-8-20(18)26-2/h3-13,21H,14-15H2,1-2H3. The number of para-hydroxylation sites is 1. The molecular weight excluding hydrogens is 324 g/mol. The molecule has 4 heteroatoms. The third kappa shape index (κ3) is 2.77. The van der Waals surface area contributed by atoms with E-state index < -0.39 is 0 Å². The summed E-state index contributed by atoms with van der Waals surface area (Å²) in [5.41, 5.74) is 4.08. The molecule has 0 saturated carbocycles. The fourth-order valence-electron chi connectivity index (χ4n) is 3.68. The van der Waals surface area contributed by atoms with Gasteiger partial charge in [-0.3, -0.25) is 4.79 Å². The van der Waals surface area contributed by atoms with Gasteiger partial charge in [-0.2, -0.15) is 0 Å². The van der Waals surface area contributed by atoms with Crippen molar-refractivity contribution >= 4 is 5.91 Å². The highest BCUT2D eigenvalue weighted by Crippen LogP contribution is 2.34. The predicted octanol–water partition coefficient (Wildman–Crippen LogP) is 4.05. The predicted molar refractivity (Wildman–Crippen MR) is 101 cm³/mol. The van der Waals surface area contributed by atoms with Gasteiger partial charge in [-0.15, -0.1) is 0 Å². The molecule has 1 aromatic heterocycles. The summed E-state index contributed by atoms with van der Waals surface area (Å²) in [7, 11) is 1.60. The number of aryl methyl sites for hydroxylation is 1. The molecule has 4 nitrogen and oxygen atoms in total. The van der Waals surface area contributed by atoms with Crippen molar-refractivity contribution in [1.82, 2.24) is 9.47 Å². The molecule has 0 aliphatic carbocycles. The summed E-state index contributed by atoms with van der Waals surface area (Å²) < 4.78 is 7.65. The minimum absolute atomic E-state index is 0.000440. The van der Waals surface area contributed by atoms with Crippen LogP contribution in [0.1, 0.15) is 33.2 Å². The first-order valence-corrected chi connectivity index (χ1v) is 8.84. The topological polar surface area (TPSA) is 34.5 Å². The van der Waals surface area contributed by atoms with Crippen molar-refractivity contribution in [2.75, 3.05) is 13.7 Å². The van der Waals surface area contributed by atoms with Gasteiger partial charge in [0.2, 0.25) is 0 Å². The van der Waals surface area contributed by atoms with Gasteiger partial charge in [-0.1, -0.05) is 42.0 Å². The molecule has 1 atom stereocenters. The molecule has 2 aromatic carbocycles. The van der Waals surface area contributed by atoms with Crippen molar-refractivity contribution in [3.8, 4) is 5.75 Å². The second-order valence-electron chi connectivity index (χ2n) is 6.64. The van der Waals surface area contributed by atoms with Crippen LogP contribution in [0.3, 0.4) is 0 Å². The molecule has 0 N–H and O–H groups in total. The van der Waals surface area contributed by atoms with Crippen LogP contribution in [0, 0.1) is 6.92 Å². The zero-order chi connectivity index (χ0) is 18.1. The van der Waals surface area contributed by atoms with Crippen molar-refractivity contribution in [1.29, 1.82) is 0 Å².